The summed E-state index contributed by atoms with van der Waals surface area (Å²) in [6.45, 7) is 5.58. The lowest BCUT2D eigenvalue weighted by Crippen LogP contribution is -2.24. The molecule has 0 fully saturated rings. The molecule has 3 heteroatoms. The summed E-state index contributed by atoms with van der Waals surface area (Å²) in [4.78, 5) is 0. The van der Waals surface area contributed by atoms with Gasteiger partial charge in [0.25, 0.3) is 0 Å². The maximum atomic E-state index is 3.71. The molecule has 1 unspecified atom stereocenters. The molecule has 2 rings (SSSR count). The van der Waals surface area contributed by atoms with Crippen LogP contribution in [0.5, 0.6) is 0 Å². The lowest BCUT2D eigenvalue weighted by atomic mass is 10.1. The number of hydrogen-bond donors (Lipinski definition) is 1. The first-order valence-corrected chi connectivity index (χ1v) is 9.17. The zero-order chi connectivity index (χ0) is 13.5. The highest BCUT2D eigenvalue weighted by Crippen LogP contribution is 2.30. The van der Waals surface area contributed by atoms with Crippen molar-refractivity contribution >= 4 is 33.2 Å². The molecule has 2 aromatic rings. The van der Waals surface area contributed by atoms with Crippen molar-refractivity contribution in [2.45, 2.75) is 32.7 Å². The first kappa shape index (κ1) is 14.9. The van der Waals surface area contributed by atoms with Gasteiger partial charge in [-0.05, 0) is 47.5 Å². The van der Waals surface area contributed by atoms with E-state index < -0.39 is 0 Å². The summed E-state index contributed by atoms with van der Waals surface area (Å²) < 4.78 is 1.45. The zero-order valence-electron chi connectivity index (χ0n) is 11.8. The van der Waals surface area contributed by atoms with Gasteiger partial charge < -0.3 is 5.32 Å². The van der Waals surface area contributed by atoms with Crippen LogP contribution in [0.1, 0.15) is 38.3 Å². The standard InChI is InChI=1S/C16H23NS2/c1-3-9-17-15(12-18-10-4-2)14-7-5-6-13-8-11-19-16(13)14/h5-8,11,15,17H,3-4,9-10,12H2,1-2H3. The van der Waals surface area contributed by atoms with Crippen LogP contribution in [0.25, 0.3) is 10.1 Å². The number of thiophene rings is 1. The van der Waals surface area contributed by atoms with Crippen LogP contribution in [-0.4, -0.2) is 18.1 Å². The van der Waals surface area contributed by atoms with Crippen LogP contribution in [0, 0.1) is 0 Å². The highest BCUT2D eigenvalue weighted by atomic mass is 32.2. The molecule has 0 aliphatic rings. The van der Waals surface area contributed by atoms with Crippen molar-refractivity contribution in [3.63, 3.8) is 0 Å². The third-order valence-electron chi connectivity index (χ3n) is 3.16. The highest BCUT2D eigenvalue weighted by Gasteiger charge is 2.14. The lowest BCUT2D eigenvalue weighted by Gasteiger charge is -2.19. The summed E-state index contributed by atoms with van der Waals surface area (Å²) in [5, 5.41) is 7.29. The SMILES string of the molecule is CCCNC(CSCCC)c1cccc2ccsc12. The Bertz CT molecular complexity index is 492. The molecule has 1 aromatic carbocycles. The summed E-state index contributed by atoms with van der Waals surface area (Å²) in [6, 6.07) is 9.40. The molecule has 1 nitrogen and oxygen atoms in total. The molecule has 0 aliphatic heterocycles. The first-order chi connectivity index (χ1) is 9.36. The second kappa shape index (κ2) is 7.93. The van der Waals surface area contributed by atoms with Gasteiger partial charge in [0.2, 0.25) is 0 Å². The fraction of sp³-hybridized carbons (Fsp3) is 0.500. The molecule has 1 N–H and O–H groups in total. The Kier molecular flexibility index (Phi) is 6.21. The van der Waals surface area contributed by atoms with E-state index in [4.69, 9.17) is 0 Å². The van der Waals surface area contributed by atoms with E-state index in [9.17, 15) is 0 Å². The number of nitrogens with one attached hydrogen (secondary N) is 1. The highest BCUT2D eigenvalue weighted by molar-refractivity contribution is 7.99. The van der Waals surface area contributed by atoms with Gasteiger partial charge >= 0.3 is 0 Å². The molecule has 0 aliphatic carbocycles. The molecule has 0 bridgehead atoms. The molecule has 0 amide bonds. The number of thioether (sulfide) groups is 1. The van der Waals surface area contributed by atoms with E-state index in [1.165, 1.54) is 40.0 Å². The van der Waals surface area contributed by atoms with E-state index >= 15 is 0 Å². The van der Waals surface area contributed by atoms with Crippen molar-refractivity contribution in [2.75, 3.05) is 18.1 Å². The van der Waals surface area contributed by atoms with Crippen molar-refractivity contribution in [2.24, 2.45) is 0 Å². The van der Waals surface area contributed by atoms with Gasteiger partial charge in [-0.3, -0.25) is 0 Å². The van der Waals surface area contributed by atoms with E-state index in [0.29, 0.717) is 6.04 Å². The second-order valence-electron chi connectivity index (χ2n) is 4.77. The Morgan fingerprint density at radius 3 is 2.89 bits per heavy atom. The van der Waals surface area contributed by atoms with Crippen molar-refractivity contribution in [3.8, 4) is 0 Å². The Morgan fingerprint density at radius 1 is 1.21 bits per heavy atom. The fourth-order valence-corrected chi connectivity index (χ4v) is 4.17. The second-order valence-corrected chi connectivity index (χ2v) is 6.83. The van der Waals surface area contributed by atoms with Gasteiger partial charge in [0.05, 0.1) is 0 Å². The first-order valence-electron chi connectivity index (χ1n) is 7.14. The average Bonchev–Trinajstić information content (AvgIpc) is 2.91. The molecule has 104 valence electrons. The minimum absolute atomic E-state index is 0.485. The quantitative estimate of drug-likeness (QED) is 0.681. The van der Waals surface area contributed by atoms with Crippen molar-refractivity contribution in [3.05, 3.63) is 35.2 Å². The number of rotatable bonds is 8. The fourth-order valence-electron chi connectivity index (χ4n) is 2.21. The molecular formula is C16H23NS2. The Balaban J connectivity index is 2.17. The van der Waals surface area contributed by atoms with Crippen LogP contribution < -0.4 is 5.32 Å². The minimum atomic E-state index is 0.485. The minimum Gasteiger partial charge on any atom is -0.309 e. The van der Waals surface area contributed by atoms with Crippen LogP contribution in [0.15, 0.2) is 29.6 Å². The molecule has 1 atom stereocenters. The monoisotopic (exact) mass is 293 g/mol. The molecule has 0 spiro atoms. The van der Waals surface area contributed by atoms with Gasteiger partial charge in [0.1, 0.15) is 0 Å². The summed E-state index contributed by atoms with van der Waals surface area (Å²) in [7, 11) is 0. The third kappa shape index (κ3) is 3.98. The number of fused-ring (bicyclic) bond motifs is 1. The topological polar surface area (TPSA) is 12.0 Å². The Labute approximate surface area is 124 Å². The largest absolute Gasteiger partial charge is 0.309 e. The Morgan fingerprint density at radius 2 is 2.11 bits per heavy atom. The predicted molar refractivity (Wildman–Crippen MR) is 90.5 cm³/mol. The van der Waals surface area contributed by atoms with E-state index in [2.05, 4.69) is 60.6 Å². The summed E-state index contributed by atoms with van der Waals surface area (Å²) >= 11 is 3.93. The van der Waals surface area contributed by atoms with E-state index in [0.717, 1.165) is 6.54 Å². The van der Waals surface area contributed by atoms with Crippen LogP contribution >= 0.6 is 23.1 Å². The van der Waals surface area contributed by atoms with Crippen LogP contribution in [-0.2, 0) is 0 Å². The van der Waals surface area contributed by atoms with Gasteiger partial charge in [0.15, 0.2) is 0 Å². The van der Waals surface area contributed by atoms with Gasteiger partial charge in [0, 0.05) is 16.5 Å². The molecule has 0 saturated heterocycles. The smallest absolute Gasteiger partial charge is 0.0426 e. The Hall–Kier alpha value is -0.510. The normalized spacial score (nSPS) is 12.9. The van der Waals surface area contributed by atoms with Crippen LogP contribution in [0.2, 0.25) is 0 Å². The number of benzene rings is 1. The van der Waals surface area contributed by atoms with Crippen molar-refractivity contribution in [1.29, 1.82) is 0 Å². The third-order valence-corrected chi connectivity index (χ3v) is 5.40. The van der Waals surface area contributed by atoms with Crippen LogP contribution in [0.3, 0.4) is 0 Å². The van der Waals surface area contributed by atoms with Gasteiger partial charge in [-0.25, -0.2) is 0 Å². The van der Waals surface area contributed by atoms with Gasteiger partial charge in [-0.1, -0.05) is 32.0 Å². The molecule has 19 heavy (non-hydrogen) atoms. The van der Waals surface area contributed by atoms with Crippen LogP contribution in [0.4, 0.5) is 0 Å². The number of hydrogen-bond acceptors (Lipinski definition) is 3. The summed E-state index contributed by atoms with van der Waals surface area (Å²) in [6.07, 6.45) is 2.45. The molecular weight excluding hydrogens is 270 g/mol. The van der Waals surface area contributed by atoms with Gasteiger partial charge in [-0.15, -0.1) is 11.3 Å². The summed E-state index contributed by atoms with van der Waals surface area (Å²) in [5.74, 6) is 2.43. The molecule has 1 aromatic heterocycles. The van der Waals surface area contributed by atoms with E-state index in [1.807, 2.05) is 11.3 Å². The van der Waals surface area contributed by atoms with Gasteiger partial charge in [-0.2, -0.15) is 11.8 Å². The molecule has 0 saturated carbocycles. The zero-order valence-corrected chi connectivity index (χ0v) is 13.4. The molecule has 1 heterocycles. The summed E-state index contributed by atoms with van der Waals surface area (Å²) in [5.41, 5.74) is 1.48. The maximum Gasteiger partial charge on any atom is 0.0426 e. The predicted octanol–water partition coefficient (Wildman–Crippen LogP) is 5.09. The van der Waals surface area contributed by atoms with Crippen molar-refractivity contribution in [1.82, 2.24) is 5.32 Å². The van der Waals surface area contributed by atoms with E-state index in [1.54, 1.807) is 0 Å². The molecule has 0 radical (unpaired) electrons. The van der Waals surface area contributed by atoms with Crippen molar-refractivity contribution < 1.29 is 0 Å². The maximum absolute atomic E-state index is 3.71. The average molecular weight is 294 g/mol. The van der Waals surface area contributed by atoms with E-state index in [-0.39, 0.29) is 0 Å². The lowest BCUT2D eigenvalue weighted by molar-refractivity contribution is 0.581.